The van der Waals surface area contributed by atoms with Gasteiger partial charge in [-0.3, -0.25) is 0 Å². The van der Waals surface area contributed by atoms with Gasteiger partial charge in [0.1, 0.15) is 12.7 Å². The number of benzene rings is 1. The maximum atomic E-state index is 12.8. The quantitative estimate of drug-likeness (QED) is 0.528. The summed E-state index contributed by atoms with van der Waals surface area (Å²) in [6.45, 7) is 4.39. The first-order valence-corrected chi connectivity index (χ1v) is 7.68. The molecule has 0 aliphatic rings. The first kappa shape index (κ1) is 18.4. The van der Waals surface area contributed by atoms with Gasteiger partial charge in [0.15, 0.2) is 5.69 Å². The standard InChI is InChI=1S/C15H10ClF4N3S/c1-3-12-14(24-15(18,19)20)11(7-21)22-23(12)13-8(2)4-9(6-17)5-10(13)16/h3-5H,1,6H2,2H3. The highest BCUT2D eigenvalue weighted by Gasteiger charge is 2.34. The predicted molar refractivity (Wildman–Crippen MR) is 84.8 cm³/mol. The molecule has 0 fully saturated rings. The monoisotopic (exact) mass is 375 g/mol. The van der Waals surface area contributed by atoms with Gasteiger partial charge in [-0.25, -0.2) is 9.07 Å². The van der Waals surface area contributed by atoms with E-state index in [9.17, 15) is 17.6 Å². The molecule has 0 amide bonds. The van der Waals surface area contributed by atoms with Crippen molar-refractivity contribution in [3.63, 3.8) is 0 Å². The van der Waals surface area contributed by atoms with E-state index in [-0.39, 0.29) is 21.3 Å². The van der Waals surface area contributed by atoms with Crippen LogP contribution in [0.1, 0.15) is 22.5 Å². The number of nitrogens with zero attached hydrogens (tertiary/aromatic N) is 3. The third-order valence-electron chi connectivity index (χ3n) is 3.07. The first-order chi connectivity index (χ1) is 11.2. The van der Waals surface area contributed by atoms with Gasteiger partial charge in [0.05, 0.1) is 21.3 Å². The average molecular weight is 376 g/mol. The lowest BCUT2D eigenvalue weighted by Gasteiger charge is -2.12. The lowest BCUT2D eigenvalue weighted by Crippen LogP contribution is -2.04. The molecule has 2 aromatic rings. The largest absolute Gasteiger partial charge is 0.446 e. The van der Waals surface area contributed by atoms with Crippen molar-refractivity contribution in [2.75, 3.05) is 0 Å². The van der Waals surface area contributed by atoms with Crippen LogP contribution in [0.5, 0.6) is 0 Å². The van der Waals surface area contributed by atoms with Gasteiger partial charge in [0.25, 0.3) is 0 Å². The van der Waals surface area contributed by atoms with Crippen molar-refractivity contribution in [3.8, 4) is 11.8 Å². The minimum Gasteiger partial charge on any atom is -0.246 e. The van der Waals surface area contributed by atoms with Crippen LogP contribution < -0.4 is 0 Å². The zero-order chi connectivity index (χ0) is 18.1. The number of rotatable bonds is 4. The molecule has 126 valence electrons. The molecule has 0 saturated heterocycles. The van der Waals surface area contributed by atoms with Crippen LogP contribution in [0.25, 0.3) is 11.8 Å². The van der Waals surface area contributed by atoms with Crippen molar-refractivity contribution < 1.29 is 17.6 Å². The summed E-state index contributed by atoms with van der Waals surface area (Å²) >= 11 is 5.70. The van der Waals surface area contributed by atoms with E-state index >= 15 is 0 Å². The second-order valence-electron chi connectivity index (χ2n) is 4.72. The van der Waals surface area contributed by atoms with Crippen LogP contribution in [-0.4, -0.2) is 15.3 Å². The summed E-state index contributed by atoms with van der Waals surface area (Å²) in [5.41, 5.74) is -3.88. The molecule has 0 spiro atoms. The van der Waals surface area contributed by atoms with Crippen LogP contribution in [0.15, 0.2) is 23.6 Å². The summed E-state index contributed by atoms with van der Waals surface area (Å²) in [7, 11) is 0. The maximum absolute atomic E-state index is 12.8. The number of alkyl halides is 4. The first-order valence-electron chi connectivity index (χ1n) is 6.48. The summed E-state index contributed by atoms with van der Waals surface area (Å²) in [6.07, 6.45) is 1.17. The third kappa shape index (κ3) is 3.57. The number of hydrogen-bond donors (Lipinski definition) is 0. The fourth-order valence-corrected chi connectivity index (χ4v) is 3.27. The van der Waals surface area contributed by atoms with Crippen molar-refractivity contribution in [2.24, 2.45) is 0 Å². The van der Waals surface area contributed by atoms with Crippen molar-refractivity contribution in [1.82, 2.24) is 9.78 Å². The number of thioether (sulfide) groups is 1. The molecule has 0 unspecified atom stereocenters. The lowest BCUT2D eigenvalue weighted by atomic mass is 10.1. The zero-order valence-corrected chi connectivity index (χ0v) is 13.9. The van der Waals surface area contributed by atoms with Crippen molar-refractivity contribution in [1.29, 1.82) is 5.26 Å². The highest BCUT2D eigenvalue weighted by molar-refractivity contribution is 8.00. The summed E-state index contributed by atoms with van der Waals surface area (Å²) in [6, 6.07) is 4.52. The van der Waals surface area contributed by atoms with E-state index in [4.69, 9.17) is 16.9 Å². The molecule has 0 bridgehead atoms. The van der Waals surface area contributed by atoms with E-state index in [0.29, 0.717) is 11.1 Å². The van der Waals surface area contributed by atoms with Crippen LogP contribution in [0.4, 0.5) is 17.6 Å². The molecule has 3 nitrogen and oxygen atoms in total. The Morgan fingerprint density at radius 2 is 2.12 bits per heavy atom. The Balaban J connectivity index is 2.73. The van der Waals surface area contributed by atoms with Crippen molar-refractivity contribution in [3.05, 3.63) is 46.2 Å². The van der Waals surface area contributed by atoms with Gasteiger partial charge < -0.3 is 0 Å². The zero-order valence-electron chi connectivity index (χ0n) is 12.3. The van der Waals surface area contributed by atoms with Crippen LogP contribution in [0, 0.1) is 18.3 Å². The van der Waals surface area contributed by atoms with E-state index in [1.807, 2.05) is 0 Å². The number of aryl methyl sites for hydroxylation is 1. The molecular weight excluding hydrogens is 366 g/mol. The minimum atomic E-state index is -4.59. The Hall–Kier alpha value is -1.98. The molecule has 1 heterocycles. The van der Waals surface area contributed by atoms with Gasteiger partial charge in [0.2, 0.25) is 0 Å². The molecular formula is C15H10ClF4N3S. The summed E-state index contributed by atoms with van der Waals surface area (Å²) in [4.78, 5) is -0.356. The van der Waals surface area contributed by atoms with Gasteiger partial charge >= 0.3 is 5.51 Å². The van der Waals surface area contributed by atoms with E-state index in [1.54, 1.807) is 13.0 Å². The number of aromatic nitrogens is 2. The Morgan fingerprint density at radius 1 is 1.46 bits per heavy atom. The van der Waals surface area contributed by atoms with E-state index < -0.39 is 29.6 Å². The highest BCUT2D eigenvalue weighted by Crippen LogP contribution is 2.42. The molecule has 1 aromatic carbocycles. The molecule has 0 aliphatic carbocycles. The number of halogens is 5. The normalized spacial score (nSPS) is 11.4. The molecule has 0 N–H and O–H groups in total. The summed E-state index contributed by atoms with van der Waals surface area (Å²) < 4.78 is 52.2. The van der Waals surface area contributed by atoms with E-state index in [1.165, 1.54) is 18.2 Å². The molecule has 2 rings (SSSR count). The second kappa shape index (κ2) is 6.87. The number of nitriles is 1. The topological polar surface area (TPSA) is 41.6 Å². The summed E-state index contributed by atoms with van der Waals surface area (Å²) in [5.74, 6) is 0. The SMILES string of the molecule is C=Cc1c(SC(F)(F)F)c(C#N)nn1-c1c(C)cc(CF)cc1Cl. The van der Waals surface area contributed by atoms with Gasteiger partial charge in [0, 0.05) is 0 Å². The van der Waals surface area contributed by atoms with Gasteiger partial charge in [-0.2, -0.15) is 23.5 Å². The predicted octanol–water partition coefficient (Wildman–Crippen LogP) is 5.43. The molecule has 0 radical (unpaired) electrons. The molecule has 1 aromatic heterocycles. The maximum Gasteiger partial charge on any atom is 0.446 e. The van der Waals surface area contributed by atoms with Gasteiger partial charge in [-0.05, 0) is 42.0 Å². The Labute approximate surface area is 144 Å². The highest BCUT2D eigenvalue weighted by atomic mass is 35.5. The summed E-state index contributed by atoms with van der Waals surface area (Å²) in [5, 5.41) is 13.1. The fraction of sp³-hybridized carbons (Fsp3) is 0.200. The van der Waals surface area contributed by atoms with Crippen molar-refractivity contribution >= 4 is 29.4 Å². The van der Waals surface area contributed by atoms with Crippen LogP contribution >= 0.6 is 23.4 Å². The second-order valence-corrected chi connectivity index (χ2v) is 6.20. The molecule has 24 heavy (non-hydrogen) atoms. The Bertz CT molecular complexity index is 813. The van der Waals surface area contributed by atoms with Crippen molar-refractivity contribution in [2.45, 2.75) is 24.0 Å². The Morgan fingerprint density at radius 3 is 2.58 bits per heavy atom. The van der Waals surface area contributed by atoms with E-state index in [2.05, 4.69) is 11.7 Å². The lowest BCUT2D eigenvalue weighted by molar-refractivity contribution is -0.0328. The molecule has 0 saturated carbocycles. The molecule has 9 heteroatoms. The molecule has 0 aliphatic heterocycles. The van der Waals surface area contributed by atoms with Gasteiger partial charge in [-0.15, -0.1) is 0 Å². The van der Waals surface area contributed by atoms with Crippen LogP contribution in [-0.2, 0) is 6.67 Å². The molecule has 0 atom stereocenters. The Kier molecular flexibility index (Phi) is 5.26. The number of hydrogen-bond acceptors (Lipinski definition) is 3. The minimum absolute atomic E-state index is 0.00752. The smallest absolute Gasteiger partial charge is 0.246 e. The fourth-order valence-electron chi connectivity index (χ4n) is 2.21. The van der Waals surface area contributed by atoms with Crippen LogP contribution in [0.3, 0.4) is 0 Å². The van der Waals surface area contributed by atoms with Gasteiger partial charge in [-0.1, -0.05) is 24.2 Å². The third-order valence-corrected chi connectivity index (χ3v) is 4.20. The van der Waals surface area contributed by atoms with E-state index in [0.717, 1.165) is 4.68 Å². The van der Waals surface area contributed by atoms with Crippen LogP contribution in [0.2, 0.25) is 5.02 Å². The average Bonchev–Trinajstić information content (AvgIpc) is 2.81.